The van der Waals surface area contributed by atoms with E-state index in [1.54, 1.807) is 36.3 Å². The third-order valence-electron chi connectivity index (χ3n) is 3.25. The van der Waals surface area contributed by atoms with Crippen molar-refractivity contribution < 1.29 is 9.59 Å². The molecule has 1 aliphatic rings. The Morgan fingerprint density at radius 1 is 1.53 bits per heavy atom. The molecule has 19 heavy (non-hydrogen) atoms. The first kappa shape index (κ1) is 14.0. The number of rotatable bonds is 3. The van der Waals surface area contributed by atoms with Gasteiger partial charge in [0, 0.05) is 37.0 Å². The molecule has 104 valence electrons. The lowest BCUT2D eigenvalue weighted by Gasteiger charge is -2.30. The van der Waals surface area contributed by atoms with Gasteiger partial charge in [-0.2, -0.15) is 0 Å². The van der Waals surface area contributed by atoms with Crippen LogP contribution in [0.5, 0.6) is 0 Å². The zero-order chi connectivity index (χ0) is 14.0. The molecule has 1 aromatic rings. The fourth-order valence-corrected chi connectivity index (χ4v) is 2.95. The molecule has 0 saturated carbocycles. The van der Waals surface area contributed by atoms with E-state index in [-0.39, 0.29) is 17.7 Å². The molecular weight excluding hydrogens is 262 g/mol. The van der Waals surface area contributed by atoms with Crippen LogP contribution in [0.4, 0.5) is 0 Å². The van der Waals surface area contributed by atoms with Crippen molar-refractivity contribution in [3.8, 4) is 0 Å². The highest BCUT2D eigenvalue weighted by molar-refractivity contribution is 7.09. The molecule has 0 spiro atoms. The van der Waals surface area contributed by atoms with Crippen LogP contribution in [0.1, 0.15) is 38.1 Å². The van der Waals surface area contributed by atoms with Gasteiger partial charge in [0.2, 0.25) is 11.8 Å². The van der Waals surface area contributed by atoms with Gasteiger partial charge in [0.1, 0.15) is 5.54 Å². The summed E-state index contributed by atoms with van der Waals surface area (Å²) >= 11 is 1.59. The lowest BCUT2D eigenvalue weighted by atomic mass is 10.0. The van der Waals surface area contributed by atoms with E-state index in [0.29, 0.717) is 19.5 Å². The van der Waals surface area contributed by atoms with E-state index >= 15 is 0 Å². The van der Waals surface area contributed by atoms with Crippen LogP contribution in [0.2, 0.25) is 0 Å². The summed E-state index contributed by atoms with van der Waals surface area (Å²) < 4.78 is 0. The monoisotopic (exact) mass is 281 g/mol. The van der Waals surface area contributed by atoms with Crippen molar-refractivity contribution in [3.05, 3.63) is 16.6 Å². The zero-order valence-corrected chi connectivity index (χ0v) is 12.3. The maximum absolute atomic E-state index is 12.4. The summed E-state index contributed by atoms with van der Waals surface area (Å²) in [6, 6.07) is 0. The molecule has 0 aromatic carbocycles. The molecule has 1 aromatic heterocycles. The quantitative estimate of drug-likeness (QED) is 0.910. The van der Waals surface area contributed by atoms with Crippen molar-refractivity contribution in [2.45, 2.75) is 38.6 Å². The Balaban J connectivity index is 2.10. The number of thiazole rings is 1. The Hall–Kier alpha value is -1.43. The minimum absolute atomic E-state index is 0.0262. The Morgan fingerprint density at radius 3 is 2.89 bits per heavy atom. The van der Waals surface area contributed by atoms with Crippen LogP contribution in [0.3, 0.4) is 0 Å². The van der Waals surface area contributed by atoms with Crippen molar-refractivity contribution in [2.24, 2.45) is 0 Å². The SMILES string of the molecule is CC(CN1CCC(=O)NC(C)(C)C1=O)c1nccs1. The van der Waals surface area contributed by atoms with Gasteiger partial charge in [0.25, 0.3) is 0 Å². The number of hydrogen-bond donors (Lipinski definition) is 1. The van der Waals surface area contributed by atoms with Crippen LogP contribution in [0, 0.1) is 0 Å². The maximum Gasteiger partial charge on any atom is 0.247 e. The fraction of sp³-hybridized carbons (Fsp3) is 0.615. The fourth-order valence-electron chi connectivity index (χ4n) is 2.26. The van der Waals surface area contributed by atoms with Gasteiger partial charge < -0.3 is 10.2 Å². The maximum atomic E-state index is 12.4. The number of aromatic nitrogens is 1. The molecule has 1 N–H and O–H groups in total. The van der Waals surface area contributed by atoms with Crippen LogP contribution < -0.4 is 5.32 Å². The van der Waals surface area contributed by atoms with Gasteiger partial charge in [0.05, 0.1) is 5.01 Å². The largest absolute Gasteiger partial charge is 0.342 e. The summed E-state index contributed by atoms with van der Waals surface area (Å²) in [5, 5.41) is 5.72. The van der Waals surface area contributed by atoms with E-state index in [4.69, 9.17) is 0 Å². The van der Waals surface area contributed by atoms with E-state index in [1.807, 2.05) is 5.38 Å². The normalized spacial score (nSPS) is 20.9. The van der Waals surface area contributed by atoms with Crippen molar-refractivity contribution in [1.82, 2.24) is 15.2 Å². The topological polar surface area (TPSA) is 62.3 Å². The molecule has 0 radical (unpaired) electrons. The molecule has 1 unspecified atom stereocenters. The lowest BCUT2D eigenvalue weighted by Crippen LogP contribution is -2.53. The molecule has 1 saturated heterocycles. The highest BCUT2D eigenvalue weighted by Gasteiger charge is 2.36. The second-order valence-electron chi connectivity index (χ2n) is 5.45. The van der Waals surface area contributed by atoms with Gasteiger partial charge >= 0.3 is 0 Å². The van der Waals surface area contributed by atoms with Crippen LogP contribution in [0.15, 0.2) is 11.6 Å². The minimum atomic E-state index is -0.823. The number of nitrogens with one attached hydrogen (secondary N) is 1. The lowest BCUT2D eigenvalue weighted by molar-refractivity contribution is -0.137. The summed E-state index contributed by atoms with van der Waals surface area (Å²) in [5.41, 5.74) is -0.823. The van der Waals surface area contributed by atoms with Crippen LogP contribution >= 0.6 is 11.3 Å². The second-order valence-corrected chi connectivity index (χ2v) is 6.37. The van der Waals surface area contributed by atoms with E-state index in [2.05, 4.69) is 17.2 Å². The Bertz CT molecular complexity index is 470. The van der Waals surface area contributed by atoms with Gasteiger partial charge in [-0.15, -0.1) is 11.3 Å². The molecule has 1 fully saturated rings. The molecule has 6 heteroatoms. The third-order valence-corrected chi connectivity index (χ3v) is 4.26. The summed E-state index contributed by atoms with van der Waals surface area (Å²) in [6.07, 6.45) is 2.13. The molecule has 5 nitrogen and oxygen atoms in total. The average Bonchev–Trinajstić information content (AvgIpc) is 2.83. The zero-order valence-electron chi connectivity index (χ0n) is 11.5. The van der Waals surface area contributed by atoms with Crippen LogP contribution in [-0.2, 0) is 9.59 Å². The Morgan fingerprint density at radius 2 is 2.26 bits per heavy atom. The van der Waals surface area contributed by atoms with Gasteiger partial charge in [-0.3, -0.25) is 9.59 Å². The van der Waals surface area contributed by atoms with Crippen LogP contribution in [0.25, 0.3) is 0 Å². The highest BCUT2D eigenvalue weighted by atomic mass is 32.1. The summed E-state index contributed by atoms with van der Waals surface area (Å²) in [7, 11) is 0. The van der Waals surface area contributed by atoms with E-state index < -0.39 is 5.54 Å². The molecular formula is C13H19N3O2S. The molecule has 0 bridgehead atoms. The second kappa shape index (κ2) is 5.28. The minimum Gasteiger partial charge on any atom is -0.342 e. The number of nitrogens with zero attached hydrogens (tertiary/aromatic N) is 2. The smallest absolute Gasteiger partial charge is 0.247 e. The predicted octanol–water partition coefficient (Wildman–Crippen LogP) is 1.37. The van der Waals surface area contributed by atoms with Crippen molar-refractivity contribution in [3.63, 3.8) is 0 Å². The first-order valence-corrected chi connectivity index (χ1v) is 7.28. The van der Waals surface area contributed by atoms with E-state index in [0.717, 1.165) is 5.01 Å². The van der Waals surface area contributed by atoms with Gasteiger partial charge in [-0.1, -0.05) is 6.92 Å². The number of amides is 2. The third kappa shape index (κ3) is 3.12. The molecule has 2 amide bonds. The van der Waals surface area contributed by atoms with Gasteiger partial charge in [0.15, 0.2) is 0 Å². The molecule has 0 aliphatic carbocycles. The van der Waals surface area contributed by atoms with Crippen molar-refractivity contribution in [1.29, 1.82) is 0 Å². The summed E-state index contributed by atoms with van der Waals surface area (Å²) in [5.74, 6) is 0.0949. The Labute approximate surface area is 117 Å². The van der Waals surface area contributed by atoms with Gasteiger partial charge in [-0.25, -0.2) is 4.98 Å². The van der Waals surface area contributed by atoms with Crippen molar-refractivity contribution >= 4 is 23.2 Å². The van der Waals surface area contributed by atoms with E-state index in [9.17, 15) is 9.59 Å². The van der Waals surface area contributed by atoms with E-state index in [1.165, 1.54) is 0 Å². The number of carbonyl (C=O) groups is 2. The van der Waals surface area contributed by atoms with Crippen LogP contribution in [-0.4, -0.2) is 40.3 Å². The first-order chi connectivity index (χ1) is 8.90. The molecule has 2 rings (SSSR count). The standard InChI is InChI=1S/C13H19N3O2S/c1-9(11-14-5-7-19-11)8-16-6-4-10(17)15-13(2,3)12(16)18/h5,7,9H,4,6,8H2,1-3H3,(H,15,17). The number of carbonyl (C=O) groups excluding carboxylic acids is 2. The first-order valence-electron chi connectivity index (χ1n) is 6.40. The van der Waals surface area contributed by atoms with Gasteiger partial charge in [-0.05, 0) is 13.8 Å². The Kier molecular flexibility index (Phi) is 3.89. The molecule has 1 atom stereocenters. The summed E-state index contributed by atoms with van der Waals surface area (Å²) in [4.78, 5) is 30.1. The molecule has 1 aliphatic heterocycles. The van der Waals surface area contributed by atoms with Crippen molar-refractivity contribution in [2.75, 3.05) is 13.1 Å². The predicted molar refractivity (Wildman–Crippen MR) is 73.9 cm³/mol. The molecule has 2 heterocycles. The summed E-state index contributed by atoms with van der Waals surface area (Å²) in [6.45, 7) is 6.63. The average molecular weight is 281 g/mol. The highest BCUT2D eigenvalue weighted by Crippen LogP contribution is 2.21. The number of hydrogen-bond acceptors (Lipinski definition) is 4.